The van der Waals surface area contributed by atoms with E-state index in [0.717, 1.165) is 25.0 Å². The molecule has 0 spiro atoms. The molecule has 3 aliphatic heterocycles. The summed E-state index contributed by atoms with van der Waals surface area (Å²) in [5, 5.41) is 22.1. The van der Waals surface area contributed by atoms with Gasteiger partial charge in [-0.15, -0.1) is 13.2 Å². The summed E-state index contributed by atoms with van der Waals surface area (Å²) in [5.74, 6) is -0.680. The Bertz CT molecular complexity index is 843. The number of hydrogen-bond acceptors (Lipinski definition) is 4. The van der Waals surface area contributed by atoms with Crippen LogP contribution in [0.2, 0.25) is 0 Å². The Kier molecular flexibility index (Phi) is 3.85. The number of nitrogens with one attached hydrogen (secondary N) is 2. The van der Waals surface area contributed by atoms with Gasteiger partial charge in [0.05, 0.1) is 31.2 Å². The monoisotopic (exact) mass is 370 g/mol. The van der Waals surface area contributed by atoms with Crippen LogP contribution in [0, 0.1) is 11.1 Å². The lowest BCUT2D eigenvalue weighted by molar-refractivity contribution is -0.898. The van der Waals surface area contributed by atoms with Gasteiger partial charge in [0.1, 0.15) is 5.75 Å². The van der Waals surface area contributed by atoms with Crippen LogP contribution in [0.15, 0.2) is 18.2 Å². The normalized spacial score (nSPS) is 28.3. The molecule has 2 N–H and O–H groups in total. The Morgan fingerprint density at radius 3 is 2.73 bits per heavy atom. The van der Waals surface area contributed by atoms with Crippen molar-refractivity contribution >= 4 is 16.8 Å². The topological polar surface area (TPSA) is 90.1 Å². The van der Waals surface area contributed by atoms with Crippen molar-refractivity contribution in [3.05, 3.63) is 29.1 Å². The van der Waals surface area contributed by atoms with E-state index in [4.69, 9.17) is 0 Å². The number of quaternary nitrogens is 1. The van der Waals surface area contributed by atoms with Crippen LogP contribution in [-0.2, 0) is 0 Å². The van der Waals surface area contributed by atoms with E-state index in [1.54, 1.807) is 0 Å². The first kappa shape index (κ1) is 17.1. The number of amides is 1. The third-order valence-corrected chi connectivity index (χ3v) is 5.21. The van der Waals surface area contributed by atoms with Gasteiger partial charge < -0.3 is 19.9 Å². The van der Waals surface area contributed by atoms with Crippen LogP contribution in [0.4, 0.5) is 13.2 Å². The highest BCUT2D eigenvalue weighted by Crippen LogP contribution is 2.33. The van der Waals surface area contributed by atoms with E-state index in [1.165, 1.54) is 6.07 Å². The Morgan fingerprint density at radius 1 is 1.35 bits per heavy atom. The molecule has 7 nitrogen and oxygen atoms in total. The van der Waals surface area contributed by atoms with E-state index in [2.05, 4.69) is 20.3 Å². The maximum Gasteiger partial charge on any atom is 0.573 e. The lowest BCUT2D eigenvalue weighted by Crippen LogP contribution is -2.64. The maximum atomic E-state index is 12.6. The van der Waals surface area contributed by atoms with Crippen molar-refractivity contribution in [1.82, 2.24) is 15.5 Å². The fourth-order valence-electron chi connectivity index (χ4n) is 3.91. The van der Waals surface area contributed by atoms with Crippen molar-refractivity contribution in [2.24, 2.45) is 5.92 Å². The summed E-state index contributed by atoms with van der Waals surface area (Å²) in [6.07, 6.45) is -3.29. The third kappa shape index (κ3) is 3.21. The molecule has 26 heavy (non-hydrogen) atoms. The maximum absolute atomic E-state index is 12.6. The minimum atomic E-state index is -4.82. The van der Waals surface area contributed by atoms with Gasteiger partial charge in [0, 0.05) is 18.2 Å². The van der Waals surface area contributed by atoms with E-state index in [0.29, 0.717) is 25.2 Å². The standard InChI is InChI=1S/C16H17F3N4O3/c17-16(18,19)26-10-1-2-12-11(7-10)14(22-21-12)15(24)20-13-8-23(25)5-3-9(13)4-6-23/h1-2,7,9,13H,3-6,8H2,(H,20,24)(H,21,22)/t9?,13-,23?/m1/s1. The lowest BCUT2D eigenvalue weighted by Gasteiger charge is -2.55. The highest BCUT2D eigenvalue weighted by Gasteiger charge is 2.42. The summed E-state index contributed by atoms with van der Waals surface area (Å²) >= 11 is 0. The number of ether oxygens (including phenoxy) is 1. The number of fused-ring (bicyclic) bond motifs is 4. The third-order valence-electron chi connectivity index (χ3n) is 5.21. The zero-order chi connectivity index (χ0) is 18.5. The number of hydroxylamine groups is 3. The van der Waals surface area contributed by atoms with Gasteiger partial charge in [0.2, 0.25) is 0 Å². The van der Waals surface area contributed by atoms with Gasteiger partial charge in [-0.2, -0.15) is 5.10 Å². The number of carbonyl (C=O) groups excluding carboxylic acids is 1. The van der Waals surface area contributed by atoms with Gasteiger partial charge in [-0.05, 0) is 24.1 Å². The van der Waals surface area contributed by atoms with E-state index >= 15 is 0 Å². The average molecular weight is 370 g/mol. The first-order valence-electron chi connectivity index (χ1n) is 8.34. The first-order valence-corrected chi connectivity index (χ1v) is 8.34. The molecule has 1 atom stereocenters. The minimum absolute atomic E-state index is 0.0125. The molecule has 5 rings (SSSR count). The van der Waals surface area contributed by atoms with Crippen molar-refractivity contribution in [2.75, 3.05) is 19.6 Å². The average Bonchev–Trinajstić information content (AvgIpc) is 2.96. The van der Waals surface area contributed by atoms with Crippen molar-refractivity contribution in [2.45, 2.75) is 25.2 Å². The number of aromatic nitrogens is 2. The molecule has 0 aliphatic carbocycles. The Labute approximate surface area is 146 Å². The second kappa shape index (κ2) is 5.85. The number of rotatable bonds is 3. The van der Waals surface area contributed by atoms with Crippen molar-refractivity contribution in [3.8, 4) is 5.75 Å². The molecule has 10 heteroatoms. The molecule has 2 bridgehead atoms. The van der Waals surface area contributed by atoms with E-state index in [9.17, 15) is 23.2 Å². The Hall–Kier alpha value is -2.33. The molecular weight excluding hydrogens is 353 g/mol. The molecule has 3 saturated heterocycles. The van der Waals surface area contributed by atoms with Crippen LogP contribution in [0.3, 0.4) is 0 Å². The first-order chi connectivity index (χ1) is 12.2. The fraction of sp³-hybridized carbons (Fsp3) is 0.500. The van der Waals surface area contributed by atoms with Crippen LogP contribution in [0.5, 0.6) is 5.75 Å². The molecule has 1 aromatic carbocycles. The Balaban J connectivity index is 1.56. The Morgan fingerprint density at radius 2 is 2.08 bits per heavy atom. The number of alkyl halides is 3. The van der Waals surface area contributed by atoms with Gasteiger partial charge in [-0.1, -0.05) is 0 Å². The smallest absolute Gasteiger partial charge is 0.573 e. The predicted octanol–water partition coefficient (Wildman–Crippen LogP) is 2.30. The van der Waals surface area contributed by atoms with Gasteiger partial charge in [0.25, 0.3) is 5.91 Å². The van der Waals surface area contributed by atoms with Crippen LogP contribution in [0.25, 0.3) is 10.9 Å². The molecule has 3 aliphatic rings. The number of hydrogen-bond donors (Lipinski definition) is 2. The SMILES string of the molecule is O=C(N[C@@H]1C[N+]2([O-])CCC1CC2)c1n[nH]c2ccc(OC(F)(F)F)cc12. The number of carbonyl (C=O) groups is 1. The zero-order valence-electron chi connectivity index (χ0n) is 13.7. The summed E-state index contributed by atoms with van der Waals surface area (Å²) in [7, 11) is 0. The van der Waals surface area contributed by atoms with E-state index in [-0.39, 0.29) is 27.7 Å². The number of aromatic amines is 1. The second-order valence-electron chi connectivity index (χ2n) is 6.93. The van der Waals surface area contributed by atoms with Crippen molar-refractivity contribution < 1.29 is 27.3 Å². The summed E-state index contributed by atoms with van der Waals surface area (Å²) in [6.45, 7) is 1.46. The predicted molar refractivity (Wildman–Crippen MR) is 85.0 cm³/mol. The molecule has 0 unspecified atom stereocenters. The number of piperidine rings is 3. The van der Waals surface area contributed by atoms with Crippen molar-refractivity contribution in [1.29, 1.82) is 0 Å². The number of halogens is 3. The van der Waals surface area contributed by atoms with Crippen molar-refractivity contribution in [3.63, 3.8) is 0 Å². The quantitative estimate of drug-likeness (QED) is 0.641. The largest absolute Gasteiger partial charge is 0.633 e. The van der Waals surface area contributed by atoms with Gasteiger partial charge >= 0.3 is 6.36 Å². The highest BCUT2D eigenvalue weighted by molar-refractivity contribution is 6.05. The summed E-state index contributed by atoms with van der Waals surface area (Å²) in [5.41, 5.74) is 0.410. The minimum Gasteiger partial charge on any atom is -0.633 e. The molecule has 4 heterocycles. The molecule has 3 fully saturated rings. The summed E-state index contributed by atoms with van der Waals surface area (Å²) in [4.78, 5) is 12.6. The number of nitrogens with zero attached hydrogens (tertiary/aromatic N) is 2. The molecule has 0 radical (unpaired) electrons. The fourth-order valence-corrected chi connectivity index (χ4v) is 3.91. The van der Waals surface area contributed by atoms with Crippen LogP contribution >= 0.6 is 0 Å². The molecule has 1 amide bonds. The molecule has 2 aromatic rings. The zero-order valence-corrected chi connectivity index (χ0v) is 13.7. The molecule has 1 aromatic heterocycles. The van der Waals surface area contributed by atoms with Gasteiger partial charge in [-0.25, -0.2) is 0 Å². The lowest BCUT2D eigenvalue weighted by atomic mass is 9.83. The number of H-pyrrole nitrogens is 1. The van der Waals surface area contributed by atoms with Gasteiger partial charge in [-0.3, -0.25) is 9.89 Å². The number of benzene rings is 1. The van der Waals surface area contributed by atoms with E-state index < -0.39 is 18.0 Å². The van der Waals surface area contributed by atoms with E-state index in [1.807, 2.05) is 0 Å². The highest BCUT2D eigenvalue weighted by atomic mass is 19.4. The molecular formula is C16H17F3N4O3. The molecule has 140 valence electrons. The second-order valence-corrected chi connectivity index (χ2v) is 6.93. The van der Waals surface area contributed by atoms with Crippen LogP contribution in [0.1, 0.15) is 23.3 Å². The van der Waals surface area contributed by atoms with Gasteiger partial charge in [0.15, 0.2) is 5.69 Å². The summed E-state index contributed by atoms with van der Waals surface area (Å²) < 4.78 is 40.8. The summed E-state index contributed by atoms with van der Waals surface area (Å²) in [6, 6.07) is 3.39. The van der Waals surface area contributed by atoms with Crippen LogP contribution in [-0.4, -0.2) is 52.8 Å². The van der Waals surface area contributed by atoms with Crippen LogP contribution < -0.4 is 10.1 Å². The molecule has 0 saturated carbocycles.